The van der Waals surface area contributed by atoms with Crippen molar-refractivity contribution < 1.29 is 0 Å². The average molecular weight is 179 g/mol. The van der Waals surface area contributed by atoms with Crippen LogP contribution in [-0.4, -0.2) is 15.3 Å². The summed E-state index contributed by atoms with van der Waals surface area (Å²) in [5.41, 5.74) is 7.14. The molecule has 0 bridgehead atoms. The topological polar surface area (TPSA) is 43.8 Å². The standard InChI is InChI=1S/C10H17N3/c1-10(2,11)7-13-9(5-6-12-13)8-3-4-8/h5-6,8H,3-4,7,11H2,1-2H3. The van der Waals surface area contributed by atoms with Crippen LogP contribution in [0.4, 0.5) is 0 Å². The maximum Gasteiger partial charge on any atom is 0.0587 e. The smallest absolute Gasteiger partial charge is 0.0587 e. The Morgan fingerprint density at radius 3 is 2.85 bits per heavy atom. The van der Waals surface area contributed by atoms with E-state index in [1.165, 1.54) is 18.5 Å². The Morgan fingerprint density at radius 2 is 2.31 bits per heavy atom. The average Bonchev–Trinajstić information content (AvgIpc) is 2.72. The van der Waals surface area contributed by atoms with Gasteiger partial charge < -0.3 is 5.73 Å². The van der Waals surface area contributed by atoms with Gasteiger partial charge in [0.2, 0.25) is 0 Å². The first kappa shape index (κ1) is 8.75. The van der Waals surface area contributed by atoms with Gasteiger partial charge in [-0.1, -0.05) is 0 Å². The molecule has 0 aliphatic heterocycles. The molecule has 0 saturated heterocycles. The maximum atomic E-state index is 5.96. The fourth-order valence-electron chi connectivity index (χ4n) is 1.59. The second kappa shape index (κ2) is 2.84. The van der Waals surface area contributed by atoms with Crippen LogP contribution in [0, 0.1) is 0 Å². The van der Waals surface area contributed by atoms with Gasteiger partial charge in [0.1, 0.15) is 0 Å². The van der Waals surface area contributed by atoms with Crippen molar-refractivity contribution in [3.05, 3.63) is 18.0 Å². The lowest BCUT2D eigenvalue weighted by Gasteiger charge is -2.19. The highest BCUT2D eigenvalue weighted by molar-refractivity contribution is 5.14. The van der Waals surface area contributed by atoms with Gasteiger partial charge in [-0.25, -0.2) is 0 Å². The van der Waals surface area contributed by atoms with Gasteiger partial charge in [0.05, 0.1) is 6.54 Å². The fourth-order valence-corrected chi connectivity index (χ4v) is 1.59. The molecular formula is C10H17N3. The Balaban J connectivity index is 2.15. The van der Waals surface area contributed by atoms with Gasteiger partial charge in [0.25, 0.3) is 0 Å². The monoisotopic (exact) mass is 179 g/mol. The second-order valence-corrected chi connectivity index (χ2v) is 4.68. The molecule has 13 heavy (non-hydrogen) atoms. The van der Waals surface area contributed by atoms with Crippen molar-refractivity contribution in [2.45, 2.75) is 44.7 Å². The molecule has 2 N–H and O–H groups in total. The van der Waals surface area contributed by atoms with Crippen molar-refractivity contribution >= 4 is 0 Å². The zero-order chi connectivity index (χ0) is 9.47. The second-order valence-electron chi connectivity index (χ2n) is 4.68. The van der Waals surface area contributed by atoms with Gasteiger partial charge in [-0.05, 0) is 32.8 Å². The first-order valence-electron chi connectivity index (χ1n) is 4.87. The summed E-state index contributed by atoms with van der Waals surface area (Å²) >= 11 is 0. The summed E-state index contributed by atoms with van der Waals surface area (Å²) in [6.07, 6.45) is 4.51. The van der Waals surface area contributed by atoms with Gasteiger partial charge in [-0.2, -0.15) is 5.10 Å². The molecule has 1 fully saturated rings. The zero-order valence-corrected chi connectivity index (χ0v) is 8.33. The molecule has 72 valence electrons. The number of aromatic nitrogens is 2. The van der Waals surface area contributed by atoms with E-state index in [0.717, 1.165) is 12.5 Å². The normalized spacial score (nSPS) is 17.8. The molecule has 1 aliphatic carbocycles. The molecule has 0 unspecified atom stereocenters. The molecular weight excluding hydrogens is 162 g/mol. The minimum Gasteiger partial charge on any atom is -0.324 e. The molecule has 1 heterocycles. The van der Waals surface area contributed by atoms with Crippen LogP contribution in [-0.2, 0) is 6.54 Å². The quantitative estimate of drug-likeness (QED) is 0.764. The Bertz CT molecular complexity index is 291. The molecule has 0 atom stereocenters. The zero-order valence-electron chi connectivity index (χ0n) is 8.33. The molecule has 1 aromatic rings. The Morgan fingerprint density at radius 1 is 1.62 bits per heavy atom. The largest absolute Gasteiger partial charge is 0.324 e. The van der Waals surface area contributed by atoms with Crippen molar-refractivity contribution in [2.75, 3.05) is 0 Å². The van der Waals surface area contributed by atoms with Crippen LogP contribution in [0.1, 0.15) is 38.3 Å². The first-order chi connectivity index (χ1) is 6.06. The van der Waals surface area contributed by atoms with E-state index < -0.39 is 0 Å². The highest BCUT2D eigenvalue weighted by Crippen LogP contribution is 2.39. The molecule has 3 heteroatoms. The Hall–Kier alpha value is -0.830. The van der Waals surface area contributed by atoms with E-state index >= 15 is 0 Å². The predicted octanol–water partition coefficient (Wildman–Crippen LogP) is 1.50. The lowest BCUT2D eigenvalue weighted by atomic mass is 10.1. The van der Waals surface area contributed by atoms with Crippen molar-refractivity contribution in [2.24, 2.45) is 5.73 Å². The maximum absolute atomic E-state index is 5.96. The SMILES string of the molecule is CC(C)(N)Cn1nccc1C1CC1. The summed E-state index contributed by atoms with van der Waals surface area (Å²) in [5, 5.41) is 4.30. The highest BCUT2D eigenvalue weighted by atomic mass is 15.3. The summed E-state index contributed by atoms with van der Waals surface area (Å²) in [5.74, 6) is 0.754. The molecule has 0 amide bonds. The van der Waals surface area contributed by atoms with E-state index in [-0.39, 0.29) is 5.54 Å². The summed E-state index contributed by atoms with van der Waals surface area (Å²) < 4.78 is 2.05. The van der Waals surface area contributed by atoms with Gasteiger partial charge in [-0.3, -0.25) is 4.68 Å². The third kappa shape index (κ3) is 2.10. The first-order valence-corrected chi connectivity index (χ1v) is 4.87. The predicted molar refractivity (Wildman–Crippen MR) is 52.5 cm³/mol. The molecule has 3 nitrogen and oxygen atoms in total. The third-order valence-electron chi connectivity index (χ3n) is 2.30. The van der Waals surface area contributed by atoms with Gasteiger partial charge in [-0.15, -0.1) is 0 Å². The van der Waals surface area contributed by atoms with Crippen LogP contribution >= 0.6 is 0 Å². The van der Waals surface area contributed by atoms with Gasteiger partial charge in [0.15, 0.2) is 0 Å². The summed E-state index contributed by atoms with van der Waals surface area (Å²) in [7, 11) is 0. The molecule has 0 spiro atoms. The Kier molecular flexibility index (Phi) is 1.91. The van der Waals surface area contributed by atoms with Crippen molar-refractivity contribution in [1.82, 2.24) is 9.78 Å². The lowest BCUT2D eigenvalue weighted by molar-refractivity contribution is 0.400. The van der Waals surface area contributed by atoms with Crippen LogP contribution in [0.5, 0.6) is 0 Å². The minimum atomic E-state index is -0.171. The summed E-state index contributed by atoms with van der Waals surface area (Å²) in [4.78, 5) is 0. The van der Waals surface area contributed by atoms with E-state index in [2.05, 4.69) is 15.8 Å². The lowest BCUT2D eigenvalue weighted by Crippen LogP contribution is -2.37. The number of nitrogens with two attached hydrogens (primary N) is 1. The van der Waals surface area contributed by atoms with Crippen LogP contribution in [0.25, 0.3) is 0 Å². The molecule has 0 aromatic carbocycles. The van der Waals surface area contributed by atoms with Crippen LogP contribution in [0.2, 0.25) is 0 Å². The van der Waals surface area contributed by atoms with Crippen molar-refractivity contribution in [1.29, 1.82) is 0 Å². The van der Waals surface area contributed by atoms with Crippen molar-refractivity contribution in [3.63, 3.8) is 0 Å². The van der Waals surface area contributed by atoms with Crippen LogP contribution in [0.15, 0.2) is 12.3 Å². The van der Waals surface area contributed by atoms with Crippen LogP contribution in [0.3, 0.4) is 0 Å². The fraction of sp³-hybridized carbons (Fsp3) is 0.700. The Labute approximate surface area is 78.9 Å². The number of hydrogen-bond donors (Lipinski definition) is 1. The molecule has 1 aliphatic rings. The minimum absolute atomic E-state index is 0.171. The van der Waals surface area contributed by atoms with Gasteiger partial charge in [0, 0.05) is 23.3 Å². The highest BCUT2D eigenvalue weighted by Gasteiger charge is 2.27. The molecule has 0 radical (unpaired) electrons. The van der Waals surface area contributed by atoms with E-state index in [4.69, 9.17) is 5.73 Å². The van der Waals surface area contributed by atoms with E-state index in [1.807, 2.05) is 20.0 Å². The van der Waals surface area contributed by atoms with Crippen LogP contribution < -0.4 is 5.73 Å². The number of rotatable bonds is 3. The van der Waals surface area contributed by atoms with Gasteiger partial charge >= 0.3 is 0 Å². The number of nitrogens with zero attached hydrogens (tertiary/aromatic N) is 2. The summed E-state index contributed by atoms with van der Waals surface area (Å²) in [6, 6.07) is 2.11. The third-order valence-corrected chi connectivity index (χ3v) is 2.30. The van der Waals surface area contributed by atoms with E-state index in [1.54, 1.807) is 0 Å². The molecule has 1 aromatic heterocycles. The number of hydrogen-bond acceptors (Lipinski definition) is 2. The van der Waals surface area contributed by atoms with E-state index in [0.29, 0.717) is 0 Å². The summed E-state index contributed by atoms with van der Waals surface area (Å²) in [6.45, 7) is 4.88. The molecule has 2 rings (SSSR count). The van der Waals surface area contributed by atoms with Crippen molar-refractivity contribution in [3.8, 4) is 0 Å². The molecule has 1 saturated carbocycles. The van der Waals surface area contributed by atoms with E-state index in [9.17, 15) is 0 Å².